The highest BCUT2D eigenvalue weighted by Gasteiger charge is 2.20. The molecule has 4 N–H and O–H groups in total. The Kier molecular flexibility index (Phi) is 1.57. The highest BCUT2D eigenvalue weighted by Crippen LogP contribution is 1.98. The molecule has 0 saturated heterocycles. The first-order chi connectivity index (χ1) is 5.88. The standard InChI is InChI=1S/C5H8N6O/c12-5(10-3-1-6-8-10)11-4-2-7-9-11/h1-4,6-9H. The van der Waals surface area contributed by atoms with Crippen molar-refractivity contribution in [2.24, 2.45) is 0 Å². The van der Waals surface area contributed by atoms with E-state index in [1.54, 1.807) is 24.8 Å². The first kappa shape index (κ1) is 6.95. The maximum Gasteiger partial charge on any atom is 0.360 e. The summed E-state index contributed by atoms with van der Waals surface area (Å²) >= 11 is 0. The molecular weight excluding hydrogens is 160 g/mol. The monoisotopic (exact) mass is 168 g/mol. The van der Waals surface area contributed by atoms with Gasteiger partial charge in [0.05, 0.1) is 0 Å². The Morgan fingerprint density at radius 1 is 1.00 bits per heavy atom. The van der Waals surface area contributed by atoms with Gasteiger partial charge in [-0.15, -0.1) is 11.1 Å². The number of hydrogen-bond acceptors (Lipinski definition) is 5. The lowest BCUT2D eigenvalue weighted by molar-refractivity contribution is 0.153. The average Bonchev–Trinajstić information content (AvgIpc) is 2.77. The van der Waals surface area contributed by atoms with Crippen molar-refractivity contribution in [1.29, 1.82) is 0 Å². The Morgan fingerprint density at radius 3 is 1.83 bits per heavy atom. The van der Waals surface area contributed by atoms with Gasteiger partial charge in [-0.05, 0) is 0 Å². The van der Waals surface area contributed by atoms with Gasteiger partial charge < -0.3 is 10.9 Å². The van der Waals surface area contributed by atoms with Crippen molar-refractivity contribution < 1.29 is 4.79 Å². The van der Waals surface area contributed by atoms with Gasteiger partial charge in [0.25, 0.3) is 0 Å². The van der Waals surface area contributed by atoms with E-state index in [1.807, 2.05) is 0 Å². The van der Waals surface area contributed by atoms with E-state index in [0.29, 0.717) is 0 Å². The van der Waals surface area contributed by atoms with Crippen molar-refractivity contribution in [1.82, 2.24) is 31.9 Å². The lowest BCUT2D eigenvalue weighted by Crippen LogP contribution is -2.50. The molecule has 0 spiro atoms. The van der Waals surface area contributed by atoms with Crippen LogP contribution in [0.1, 0.15) is 0 Å². The molecule has 64 valence electrons. The summed E-state index contributed by atoms with van der Waals surface area (Å²) in [6.45, 7) is 0. The maximum atomic E-state index is 11.4. The van der Waals surface area contributed by atoms with E-state index in [2.05, 4.69) is 21.9 Å². The molecular formula is C5H8N6O. The summed E-state index contributed by atoms with van der Waals surface area (Å²) in [6.07, 6.45) is 6.39. The number of nitrogens with zero attached hydrogens (tertiary/aromatic N) is 2. The predicted molar refractivity (Wildman–Crippen MR) is 39.9 cm³/mol. The fraction of sp³-hybridized carbons (Fsp3) is 0. The smallest absolute Gasteiger partial charge is 0.309 e. The minimum Gasteiger partial charge on any atom is -0.309 e. The molecule has 7 nitrogen and oxygen atoms in total. The molecule has 7 heteroatoms. The predicted octanol–water partition coefficient (Wildman–Crippen LogP) is -1.30. The second-order valence-corrected chi connectivity index (χ2v) is 2.17. The van der Waals surface area contributed by atoms with Crippen LogP contribution in [0.5, 0.6) is 0 Å². The first-order valence-electron chi connectivity index (χ1n) is 3.36. The highest BCUT2D eigenvalue weighted by molar-refractivity contribution is 5.75. The quantitative estimate of drug-likeness (QED) is 0.362. The molecule has 0 aromatic rings. The zero-order valence-corrected chi connectivity index (χ0v) is 6.11. The lowest BCUT2D eigenvalue weighted by atomic mass is 10.8. The van der Waals surface area contributed by atoms with Gasteiger partial charge in [0.2, 0.25) is 0 Å². The van der Waals surface area contributed by atoms with Crippen LogP contribution in [0.25, 0.3) is 0 Å². The van der Waals surface area contributed by atoms with Gasteiger partial charge in [-0.3, -0.25) is 0 Å². The van der Waals surface area contributed by atoms with E-state index in [0.717, 1.165) is 0 Å². The second-order valence-electron chi connectivity index (χ2n) is 2.17. The Labute approximate surface area is 68.6 Å². The fourth-order valence-electron chi connectivity index (χ4n) is 0.851. The zero-order chi connectivity index (χ0) is 8.39. The van der Waals surface area contributed by atoms with E-state index in [1.165, 1.54) is 10.0 Å². The van der Waals surface area contributed by atoms with E-state index in [-0.39, 0.29) is 6.03 Å². The molecule has 0 atom stereocenters. The van der Waals surface area contributed by atoms with Crippen molar-refractivity contribution in [3.63, 3.8) is 0 Å². The number of hydrazine groups is 4. The van der Waals surface area contributed by atoms with Crippen molar-refractivity contribution in [2.75, 3.05) is 0 Å². The third kappa shape index (κ3) is 1.06. The first-order valence-corrected chi connectivity index (χ1v) is 3.36. The molecule has 0 saturated carbocycles. The number of rotatable bonds is 0. The van der Waals surface area contributed by atoms with Crippen LogP contribution in [0.15, 0.2) is 24.8 Å². The van der Waals surface area contributed by atoms with Gasteiger partial charge in [0, 0.05) is 24.8 Å². The van der Waals surface area contributed by atoms with Crippen LogP contribution in [0.4, 0.5) is 4.79 Å². The summed E-state index contributed by atoms with van der Waals surface area (Å²) in [7, 11) is 0. The van der Waals surface area contributed by atoms with E-state index >= 15 is 0 Å². The molecule has 0 aromatic carbocycles. The van der Waals surface area contributed by atoms with E-state index < -0.39 is 0 Å². The number of nitrogens with one attached hydrogen (secondary N) is 4. The molecule has 0 unspecified atom stereocenters. The number of carbonyl (C=O) groups excluding carboxylic acids is 1. The van der Waals surface area contributed by atoms with E-state index in [9.17, 15) is 4.79 Å². The summed E-state index contributed by atoms with van der Waals surface area (Å²) in [5.74, 6) is 0. The summed E-state index contributed by atoms with van der Waals surface area (Å²) in [5.41, 5.74) is 10.5. The number of urea groups is 1. The minimum atomic E-state index is -0.238. The Bertz CT molecular complexity index is 224. The van der Waals surface area contributed by atoms with Crippen LogP contribution in [0.2, 0.25) is 0 Å². The third-order valence-electron chi connectivity index (χ3n) is 1.40. The van der Waals surface area contributed by atoms with Gasteiger partial charge in [-0.1, -0.05) is 0 Å². The van der Waals surface area contributed by atoms with Gasteiger partial charge in [-0.25, -0.2) is 14.8 Å². The van der Waals surface area contributed by atoms with Crippen molar-refractivity contribution in [2.45, 2.75) is 0 Å². The normalized spacial score (nSPS) is 19.7. The summed E-state index contributed by atoms with van der Waals surface area (Å²) < 4.78 is 0. The van der Waals surface area contributed by atoms with Gasteiger partial charge in [0.1, 0.15) is 0 Å². The molecule has 0 bridgehead atoms. The zero-order valence-electron chi connectivity index (χ0n) is 6.11. The van der Waals surface area contributed by atoms with Crippen LogP contribution in [0, 0.1) is 0 Å². The molecule has 2 amide bonds. The van der Waals surface area contributed by atoms with Crippen LogP contribution in [-0.2, 0) is 0 Å². The maximum absolute atomic E-state index is 11.4. The largest absolute Gasteiger partial charge is 0.360 e. The van der Waals surface area contributed by atoms with Crippen molar-refractivity contribution in [3.8, 4) is 0 Å². The SMILES string of the molecule is O=C(N1C=CNN1)N1C=CNN1. The van der Waals surface area contributed by atoms with Gasteiger partial charge in [0.15, 0.2) is 0 Å². The summed E-state index contributed by atoms with van der Waals surface area (Å²) in [6, 6.07) is -0.238. The summed E-state index contributed by atoms with van der Waals surface area (Å²) in [5, 5.41) is 2.59. The number of amides is 2. The molecule has 0 aromatic heterocycles. The van der Waals surface area contributed by atoms with Gasteiger partial charge >= 0.3 is 6.03 Å². The third-order valence-corrected chi connectivity index (χ3v) is 1.40. The number of hydrogen-bond donors (Lipinski definition) is 4. The topological polar surface area (TPSA) is 71.7 Å². The average molecular weight is 168 g/mol. The molecule has 2 heterocycles. The molecule has 0 aliphatic carbocycles. The Morgan fingerprint density at radius 2 is 1.50 bits per heavy atom. The summed E-state index contributed by atoms with van der Waals surface area (Å²) in [4.78, 5) is 11.4. The molecule has 2 aliphatic heterocycles. The minimum absolute atomic E-state index is 0.238. The molecule has 0 fully saturated rings. The molecule has 0 radical (unpaired) electrons. The molecule has 12 heavy (non-hydrogen) atoms. The Hall–Kier alpha value is -1.73. The van der Waals surface area contributed by atoms with Crippen molar-refractivity contribution in [3.05, 3.63) is 24.8 Å². The van der Waals surface area contributed by atoms with Crippen LogP contribution in [0.3, 0.4) is 0 Å². The van der Waals surface area contributed by atoms with Gasteiger partial charge in [-0.2, -0.15) is 0 Å². The van der Waals surface area contributed by atoms with Crippen LogP contribution < -0.4 is 21.9 Å². The highest BCUT2D eigenvalue weighted by atomic mass is 16.2. The van der Waals surface area contributed by atoms with Crippen molar-refractivity contribution >= 4 is 6.03 Å². The molecule has 2 rings (SSSR count). The molecule has 2 aliphatic rings. The lowest BCUT2D eigenvalue weighted by Gasteiger charge is -2.19. The van der Waals surface area contributed by atoms with E-state index in [4.69, 9.17) is 0 Å². The number of carbonyl (C=O) groups is 1. The fourth-order valence-corrected chi connectivity index (χ4v) is 0.851. The second kappa shape index (κ2) is 2.72. The van der Waals surface area contributed by atoms with Crippen LogP contribution >= 0.6 is 0 Å². The van der Waals surface area contributed by atoms with Crippen LogP contribution in [-0.4, -0.2) is 16.0 Å². The Balaban J connectivity index is 1.99.